The largest absolute Gasteiger partial charge is 0.465 e. The first-order chi connectivity index (χ1) is 4.33. The van der Waals surface area contributed by atoms with Gasteiger partial charge < -0.3 is 14.9 Å². The van der Waals surface area contributed by atoms with Crippen molar-refractivity contribution >= 4 is 23.1 Å². The fourth-order valence-corrected chi connectivity index (χ4v) is 1.42. The van der Waals surface area contributed by atoms with Crippen molar-refractivity contribution in [3.05, 3.63) is 0 Å². The van der Waals surface area contributed by atoms with Gasteiger partial charge in [-0.3, -0.25) is 9.24 Å². The Bertz CT molecular complexity index is 174. The number of amides is 1. The molecule has 10 heavy (non-hydrogen) atoms. The monoisotopic (exact) mass is 187 g/mol. The highest BCUT2D eigenvalue weighted by Crippen LogP contribution is 2.35. The molecule has 0 fully saturated rings. The standard InChI is InChI=1S/C2H7NO5P2/c4-2(5)3(9)1-10(6,7)8/h1,9H2,(H,4,5)(H2,6,7,8). The van der Waals surface area contributed by atoms with Crippen molar-refractivity contribution in [3.63, 3.8) is 0 Å². The molecule has 1 unspecified atom stereocenters. The molecule has 8 heteroatoms. The zero-order valence-electron chi connectivity index (χ0n) is 4.84. The van der Waals surface area contributed by atoms with Crippen LogP contribution in [0, 0.1) is 0 Å². The summed E-state index contributed by atoms with van der Waals surface area (Å²) in [6.45, 7) is 0. The van der Waals surface area contributed by atoms with Gasteiger partial charge in [-0.05, 0) is 9.39 Å². The molecule has 6 nitrogen and oxygen atoms in total. The van der Waals surface area contributed by atoms with Gasteiger partial charge in [0, 0.05) is 0 Å². The summed E-state index contributed by atoms with van der Waals surface area (Å²) in [5.41, 5.74) is 0. The average molecular weight is 187 g/mol. The van der Waals surface area contributed by atoms with Crippen LogP contribution >= 0.6 is 17.0 Å². The molecule has 0 saturated heterocycles. The topological polar surface area (TPSA) is 98.1 Å². The Morgan fingerprint density at radius 1 is 1.60 bits per heavy atom. The highest BCUT2D eigenvalue weighted by atomic mass is 31.2. The maximum Gasteiger partial charge on any atom is 0.410 e. The second-order valence-corrected chi connectivity index (χ2v) is 3.79. The van der Waals surface area contributed by atoms with Crippen LogP contribution in [0.25, 0.3) is 0 Å². The van der Waals surface area contributed by atoms with E-state index in [1.807, 2.05) is 0 Å². The van der Waals surface area contributed by atoms with Crippen LogP contribution in [0.2, 0.25) is 0 Å². The van der Waals surface area contributed by atoms with Crippen LogP contribution < -0.4 is 0 Å². The third-order valence-corrected chi connectivity index (χ3v) is 1.97. The fraction of sp³-hybridized carbons (Fsp3) is 0.500. The molecule has 0 rings (SSSR count). The minimum absolute atomic E-state index is 0.445. The van der Waals surface area contributed by atoms with Crippen molar-refractivity contribution in [3.8, 4) is 0 Å². The number of rotatable bonds is 2. The lowest BCUT2D eigenvalue weighted by molar-refractivity contribution is 0.177. The van der Waals surface area contributed by atoms with Gasteiger partial charge in [0.15, 0.2) is 0 Å². The lowest BCUT2D eigenvalue weighted by Gasteiger charge is -2.12. The number of carboxylic acid groups (broad SMARTS) is 1. The molecule has 0 spiro atoms. The predicted octanol–water partition coefficient (Wildman–Crippen LogP) is -0.108. The second-order valence-electron chi connectivity index (χ2n) is 1.56. The zero-order chi connectivity index (χ0) is 8.36. The van der Waals surface area contributed by atoms with E-state index in [1.165, 1.54) is 0 Å². The smallest absolute Gasteiger partial charge is 0.410 e. The van der Waals surface area contributed by atoms with Crippen molar-refractivity contribution in [2.45, 2.75) is 0 Å². The Morgan fingerprint density at radius 2 is 2.00 bits per heavy atom. The van der Waals surface area contributed by atoms with E-state index in [0.29, 0.717) is 4.67 Å². The summed E-state index contributed by atoms with van der Waals surface area (Å²) in [5, 5.41) is 8.11. The molecular formula is C2H7NO5P2. The second kappa shape index (κ2) is 3.30. The normalized spacial score (nSPS) is 11.1. The summed E-state index contributed by atoms with van der Waals surface area (Å²) in [4.78, 5) is 26.4. The maximum atomic E-state index is 10.1. The maximum absolute atomic E-state index is 10.1. The van der Waals surface area contributed by atoms with Gasteiger partial charge in [-0.2, -0.15) is 0 Å². The minimum atomic E-state index is -4.25. The lowest BCUT2D eigenvalue weighted by atomic mass is 11.1. The molecule has 0 heterocycles. The van der Waals surface area contributed by atoms with E-state index in [4.69, 9.17) is 14.9 Å². The highest BCUT2D eigenvalue weighted by Gasteiger charge is 2.19. The highest BCUT2D eigenvalue weighted by molar-refractivity contribution is 7.52. The van der Waals surface area contributed by atoms with Gasteiger partial charge in [-0.15, -0.1) is 0 Å². The summed E-state index contributed by atoms with van der Waals surface area (Å²) < 4.78 is 10.6. The number of nitrogens with zero attached hydrogens (tertiary/aromatic N) is 1. The minimum Gasteiger partial charge on any atom is -0.465 e. The molecular weight excluding hydrogens is 180 g/mol. The number of hydrogen-bond donors (Lipinski definition) is 3. The number of carbonyl (C=O) groups is 1. The summed E-state index contributed by atoms with van der Waals surface area (Å²) in [6, 6.07) is 0. The van der Waals surface area contributed by atoms with Crippen molar-refractivity contribution < 1.29 is 24.3 Å². The Hall–Kier alpha value is -0.150. The van der Waals surface area contributed by atoms with E-state index >= 15 is 0 Å². The first-order valence-corrected chi connectivity index (χ1v) is 4.44. The van der Waals surface area contributed by atoms with Crippen LogP contribution in [0.3, 0.4) is 0 Å². The quantitative estimate of drug-likeness (QED) is 0.524. The third-order valence-electron chi connectivity index (χ3n) is 0.582. The van der Waals surface area contributed by atoms with Gasteiger partial charge in [0.05, 0.1) is 0 Å². The summed E-state index contributed by atoms with van der Waals surface area (Å²) in [6.07, 6.45) is -2.19. The molecule has 0 aromatic heterocycles. The van der Waals surface area contributed by atoms with E-state index < -0.39 is 20.0 Å². The Balaban J connectivity index is 3.93. The first kappa shape index (κ1) is 9.85. The van der Waals surface area contributed by atoms with Crippen LogP contribution in [0.5, 0.6) is 0 Å². The van der Waals surface area contributed by atoms with Crippen LogP contribution in [-0.4, -0.2) is 31.9 Å². The van der Waals surface area contributed by atoms with Gasteiger partial charge in [0.1, 0.15) is 6.29 Å². The summed E-state index contributed by atoms with van der Waals surface area (Å²) in [5.74, 6) is 0. The van der Waals surface area contributed by atoms with Crippen LogP contribution in [0.15, 0.2) is 0 Å². The van der Waals surface area contributed by atoms with E-state index in [1.54, 1.807) is 9.39 Å². The zero-order valence-corrected chi connectivity index (χ0v) is 6.89. The molecule has 0 bridgehead atoms. The summed E-state index contributed by atoms with van der Waals surface area (Å²) in [7, 11) is -2.57. The fourth-order valence-electron chi connectivity index (χ4n) is 0.259. The van der Waals surface area contributed by atoms with Crippen LogP contribution in [0.1, 0.15) is 0 Å². The van der Waals surface area contributed by atoms with Crippen LogP contribution in [0.4, 0.5) is 4.79 Å². The molecule has 0 aliphatic heterocycles. The molecule has 0 radical (unpaired) electrons. The van der Waals surface area contributed by atoms with E-state index in [-0.39, 0.29) is 0 Å². The van der Waals surface area contributed by atoms with E-state index in [9.17, 15) is 9.36 Å². The first-order valence-electron chi connectivity index (χ1n) is 2.12. The van der Waals surface area contributed by atoms with E-state index in [0.717, 1.165) is 0 Å². The molecule has 3 N–H and O–H groups in total. The van der Waals surface area contributed by atoms with E-state index in [2.05, 4.69) is 0 Å². The number of hydrogen-bond acceptors (Lipinski definition) is 2. The van der Waals surface area contributed by atoms with Crippen molar-refractivity contribution in [2.75, 3.05) is 6.29 Å². The van der Waals surface area contributed by atoms with Gasteiger partial charge in [-0.25, -0.2) is 4.79 Å². The molecule has 0 aromatic rings. The van der Waals surface area contributed by atoms with Gasteiger partial charge in [0.25, 0.3) is 0 Å². The lowest BCUT2D eigenvalue weighted by Crippen LogP contribution is -2.19. The summed E-state index contributed by atoms with van der Waals surface area (Å²) >= 11 is 0. The van der Waals surface area contributed by atoms with Gasteiger partial charge in [-0.1, -0.05) is 0 Å². The molecule has 0 aromatic carbocycles. The van der Waals surface area contributed by atoms with Crippen molar-refractivity contribution in [2.24, 2.45) is 0 Å². The third kappa shape index (κ3) is 4.70. The average Bonchev–Trinajstić information content (AvgIpc) is 1.60. The van der Waals surface area contributed by atoms with Crippen LogP contribution in [-0.2, 0) is 4.57 Å². The van der Waals surface area contributed by atoms with Gasteiger partial charge in [0.2, 0.25) is 0 Å². The Kier molecular flexibility index (Phi) is 3.25. The van der Waals surface area contributed by atoms with Crippen molar-refractivity contribution in [1.82, 2.24) is 4.67 Å². The molecule has 1 amide bonds. The molecule has 0 saturated carbocycles. The molecule has 60 valence electrons. The van der Waals surface area contributed by atoms with Crippen molar-refractivity contribution in [1.29, 1.82) is 0 Å². The Morgan fingerprint density at radius 3 is 2.10 bits per heavy atom. The molecule has 0 aliphatic rings. The predicted molar refractivity (Wildman–Crippen MR) is 36.5 cm³/mol. The Labute approximate surface area is 59.3 Å². The SMILES string of the molecule is O=C(O)N(P)CP(=O)(O)O. The molecule has 0 aliphatic carbocycles. The van der Waals surface area contributed by atoms with Gasteiger partial charge >= 0.3 is 13.7 Å². The molecule has 1 atom stereocenters.